The first-order chi connectivity index (χ1) is 12.0. The minimum Gasteiger partial charge on any atom is -0.493 e. The maximum absolute atomic E-state index is 12.7. The van der Waals surface area contributed by atoms with Crippen molar-refractivity contribution in [3.63, 3.8) is 0 Å². The standard InChI is InChI=1S/C17H14F2N2O3S/c1-21(17-20-11-5-3-4-6-14(11)25-17)15(22)10-7-8-12(24-16(18)19)13(9-10)23-2/h3-9,16H,1-2H3. The summed E-state index contributed by atoms with van der Waals surface area (Å²) in [5.74, 6) is -0.401. The molecule has 0 N–H and O–H groups in total. The van der Waals surface area contributed by atoms with E-state index in [1.54, 1.807) is 7.05 Å². The number of hydrogen-bond donors (Lipinski definition) is 0. The Morgan fingerprint density at radius 1 is 1.20 bits per heavy atom. The van der Waals surface area contributed by atoms with Crippen LogP contribution in [0.2, 0.25) is 0 Å². The van der Waals surface area contributed by atoms with E-state index >= 15 is 0 Å². The van der Waals surface area contributed by atoms with Crippen molar-refractivity contribution in [3.8, 4) is 11.5 Å². The number of ether oxygens (including phenoxy) is 2. The van der Waals surface area contributed by atoms with Gasteiger partial charge in [0.05, 0.1) is 17.3 Å². The molecule has 25 heavy (non-hydrogen) atoms. The Balaban J connectivity index is 1.88. The Kier molecular flexibility index (Phi) is 4.80. The molecule has 0 atom stereocenters. The van der Waals surface area contributed by atoms with Gasteiger partial charge in [0.1, 0.15) is 0 Å². The van der Waals surface area contributed by atoms with Crippen molar-refractivity contribution in [3.05, 3.63) is 48.0 Å². The lowest BCUT2D eigenvalue weighted by Gasteiger charge is -2.15. The molecule has 0 aliphatic rings. The smallest absolute Gasteiger partial charge is 0.387 e. The first-order valence-electron chi connectivity index (χ1n) is 7.26. The second kappa shape index (κ2) is 7.02. The number of para-hydroxylation sites is 1. The molecule has 3 rings (SSSR count). The number of benzene rings is 2. The molecule has 8 heteroatoms. The summed E-state index contributed by atoms with van der Waals surface area (Å²) < 4.78 is 35.1. The maximum Gasteiger partial charge on any atom is 0.387 e. The Labute approximate surface area is 146 Å². The number of aromatic nitrogens is 1. The topological polar surface area (TPSA) is 51.7 Å². The quantitative estimate of drug-likeness (QED) is 0.681. The zero-order chi connectivity index (χ0) is 18.0. The molecule has 1 amide bonds. The molecular formula is C17H14F2N2O3S. The number of methoxy groups -OCH3 is 1. The number of carbonyl (C=O) groups excluding carboxylic acids is 1. The summed E-state index contributed by atoms with van der Waals surface area (Å²) in [5.41, 5.74) is 1.08. The molecule has 0 saturated heterocycles. The highest BCUT2D eigenvalue weighted by atomic mass is 32.1. The third kappa shape index (κ3) is 3.53. The van der Waals surface area contributed by atoms with Crippen LogP contribution in [0.3, 0.4) is 0 Å². The van der Waals surface area contributed by atoms with E-state index in [9.17, 15) is 13.6 Å². The van der Waals surface area contributed by atoms with Gasteiger partial charge >= 0.3 is 6.61 Å². The minimum absolute atomic E-state index is 0.0591. The summed E-state index contributed by atoms with van der Waals surface area (Å²) in [6, 6.07) is 11.6. The van der Waals surface area contributed by atoms with E-state index in [0.29, 0.717) is 5.13 Å². The van der Waals surface area contributed by atoms with Crippen molar-refractivity contribution in [2.45, 2.75) is 6.61 Å². The van der Waals surface area contributed by atoms with Crippen LogP contribution in [0.25, 0.3) is 10.2 Å². The fourth-order valence-corrected chi connectivity index (χ4v) is 3.20. The summed E-state index contributed by atoms with van der Waals surface area (Å²) in [4.78, 5) is 18.5. The van der Waals surface area contributed by atoms with E-state index in [-0.39, 0.29) is 23.0 Å². The van der Waals surface area contributed by atoms with Crippen LogP contribution in [0, 0.1) is 0 Å². The molecule has 0 saturated carbocycles. The number of anilines is 1. The van der Waals surface area contributed by atoms with Gasteiger partial charge in [-0.15, -0.1) is 0 Å². The van der Waals surface area contributed by atoms with E-state index in [0.717, 1.165) is 10.2 Å². The molecule has 0 aliphatic carbocycles. The zero-order valence-corrected chi connectivity index (χ0v) is 14.2. The fourth-order valence-electron chi connectivity index (χ4n) is 2.28. The molecule has 0 unspecified atom stereocenters. The van der Waals surface area contributed by atoms with Crippen molar-refractivity contribution in [1.82, 2.24) is 4.98 Å². The van der Waals surface area contributed by atoms with Gasteiger partial charge in [-0.3, -0.25) is 9.69 Å². The van der Waals surface area contributed by atoms with E-state index in [1.807, 2.05) is 24.3 Å². The van der Waals surface area contributed by atoms with Crippen molar-refractivity contribution in [1.29, 1.82) is 0 Å². The number of carbonyl (C=O) groups is 1. The maximum atomic E-state index is 12.7. The highest BCUT2D eigenvalue weighted by Crippen LogP contribution is 2.32. The van der Waals surface area contributed by atoms with Crippen molar-refractivity contribution < 1.29 is 23.0 Å². The molecule has 0 radical (unpaired) electrons. The SMILES string of the molecule is COc1cc(C(=O)N(C)c2nc3ccccc3s2)ccc1OC(F)F. The van der Waals surface area contributed by atoms with Gasteiger partial charge in [-0.1, -0.05) is 23.5 Å². The number of alkyl halides is 2. The van der Waals surface area contributed by atoms with Crippen LogP contribution in [0.1, 0.15) is 10.4 Å². The number of hydrogen-bond acceptors (Lipinski definition) is 5. The van der Waals surface area contributed by atoms with Crippen LogP contribution < -0.4 is 14.4 Å². The van der Waals surface area contributed by atoms with Gasteiger partial charge in [0.2, 0.25) is 0 Å². The molecule has 0 bridgehead atoms. The first-order valence-corrected chi connectivity index (χ1v) is 8.07. The lowest BCUT2D eigenvalue weighted by Crippen LogP contribution is -2.26. The Morgan fingerprint density at radius 3 is 2.64 bits per heavy atom. The van der Waals surface area contributed by atoms with Gasteiger partial charge in [-0.2, -0.15) is 8.78 Å². The minimum atomic E-state index is -2.97. The Bertz CT molecular complexity index is 881. The average Bonchev–Trinajstić information content (AvgIpc) is 3.04. The van der Waals surface area contributed by atoms with Gasteiger partial charge in [-0.25, -0.2) is 4.98 Å². The van der Waals surface area contributed by atoms with E-state index in [4.69, 9.17) is 4.74 Å². The van der Waals surface area contributed by atoms with Crippen molar-refractivity contribution in [2.24, 2.45) is 0 Å². The van der Waals surface area contributed by atoms with E-state index in [1.165, 1.54) is 41.5 Å². The van der Waals surface area contributed by atoms with Gasteiger partial charge in [-0.05, 0) is 30.3 Å². The number of fused-ring (bicyclic) bond motifs is 1. The molecule has 1 heterocycles. The highest BCUT2D eigenvalue weighted by Gasteiger charge is 2.20. The van der Waals surface area contributed by atoms with Crippen LogP contribution in [-0.4, -0.2) is 31.7 Å². The first kappa shape index (κ1) is 17.1. The second-order valence-electron chi connectivity index (χ2n) is 5.07. The molecular weight excluding hydrogens is 350 g/mol. The predicted molar refractivity (Wildman–Crippen MR) is 92.0 cm³/mol. The summed E-state index contributed by atoms with van der Waals surface area (Å²) in [6.07, 6.45) is 0. The number of thiazole rings is 1. The number of rotatable bonds is 5. The van der Waals surface area contributed by atoms with Crippen LogP contribution in [0.15, 0.2) is 42.5 Å². The van der Waals surface area contributed by atoms with E-state index < -0.39 is 6.61 Å². The largest absolute Gasteiger partial charge is 0.493 e. The van der Waals surface area contributed by atoms with Gasteiger partial charge in [0.25, 0.3) is 5.91 Å². The Hall–Kier alpha value is -2.74. The summed E-state index contributed by atoms with van der Waals surface area (Å²) >= 11 is 1.39. The van der Waals surface area contributed by atoms with Crippen LogP contribution in [0.5, 0.6) is 11.5 Å². The predicted octanol–water partition coefficient (Wildman–Crippen LogP) is 4.18. The molecule has 1 aromatic heterocycles. The molecule has 0 fully saturated rings. The molecule has 2 aromatic carbocycles. The van der Waals surface area contributed by atoms with Crippen molar-refractivity contribution in [2.75, 3.05) is 19.1 Å². The van der Waals surface area contributed by atoms with Crippen LogP contribution >= 0.6 is 11.3 Å². The van der Waals surface area contributed by atoms with Gasteiger partial charge in [0.15, 0.2) is 16.6 Å². The van der Waals surface area contributed by atoms with E-state index in [2.05, 4.69) is 9.72 Å². The average molecular weight is 364 g/mol. The third-order valence-electron chi connectivity index (χ3n) is 3.50. The summed E-state index contributed by atoms with van der Waals surface area (Å²) in [6.45, 7) is -2.97. The van der Waals surface area contributed by atoms with Crippen LogP contribution in [0.4, 0.5) is 13.9 Å². The number of halogens is 2. The second-order valence-corrected chi connectivity index (χ2v) is 6.08. The fraction of sp³-hybridized carbons (Fsp3) is 0.176. The molecule has 3 aromatic rings. The lowest BCUT2D eigenvalue weighted by atomic mass is 10.2. The molecule has 0 aliphatic heterocycles. The van der Waals surface area contributed by atoms with Crippen LogP contribution in [-0.2, 0) is 0 Å². The third-order valence-corrected chi connectivity index (χ3v) is 4.61. The highest BCUT2D eigenvalue weighted by molar-refractivity contribution is 7.22. The molecule has 130 valence electrons. The summed E-state index contributed by atoms with van der Waals surface area (Å²) in [5, 5.41) is 0.540. The Morgan fingerprint density at radius 2 is 1.96 bits per heavy atom. The van der Waals surface area contributed by atoms with Crippen molar-refractivity contribution >= 4 is 32.6 Å². The zero-order valence-electron chi connectivity index (χ0n) is 13.4. The van der Waals surface area contributed by atoms with Gasteiger partial charge in [0, 0.05) is 12.6 Å². The summed E-state index contributed by atoms with van der Waals surface area (Å²) in [7, 11) is 2.93. The normalized spacial score (nSPS) is 10.9. The molecule has 5 nitrogen and oxygen atoms in total. The monoisotopic (exact) mass is 364 g/mol. The number of amides is 1. The van der Waals surface area contributed by atoms with Gasteiger partial charge < -0.3 is 9.47 Å². The number of nitrogens with zero attached hydrogens (tertiary/aromatic N) is 2. The lowest BCUT2D eigenvalue weighted by molar-refractivity contribution is -0.0512. The molecule has 0 spiro atoms.